The second-order valence-electron chi connectivity index (χ2n) is 27.1. The molecule has 2 unspecified atom stereocenters. The minimum Gasteiger partial charge on any atom is -0.462 e. The lowest BCUT2D eigenvalue weighted by Gasteiger charge is -2.48. The van der Waals surface area contributed by atoms with Crippen molar-refractivity contribution in [2.45, 2.75) is 229 Å². The Morgan fingerprint density at radius 3 is 2.14 bits per heavy atom. The fourth-order valence-corrected chi connectivity index (χ4v) is 13.7. The van der Waals surface area contributed by atoms with E-state index in [9.17, 15) is 48.1 Å². The molecule has 2 bridgehead atoms. The minimum atomic E-state index is -4.86. The molecule has 4 saturated heterocycles. The molecule has 21 atom stereocenters. The van der Waals surface area contributed by atoms with Gasteiger partial charge in [0.05, 0.1) is 67.6 Å². The molecule has 0 aromatic heterocycles. The fraction of sp³-hybridized carbons (Fsp3) is 0.639. The zero-order valence-electron chi connectivity index (χ0n) is 56.5. The van der Waals surface area contributed by atoms with E-state index >= 15 is 0 Å². The van der Waals surface area contributed by atoms with Crippen LogP contribution in [0.2, 0.25) is 0 Å². The summed E-state index contributed by atoms with van der Waals surface area (Å²) in [6.45, 7) is 21.6. The number of benzene rings is 2. The maximum absolute atomic E-state index is 14.3. The number of ketones is 1. The molecule has 19 nitrogen and oxygen atoms in total. The zero-order chi connectivity index (χ0) is 68.8. The van der Waals surface area contributed by atoms with Crippen molar-refractivity contribution in [3.63, 3.8) is 0 Å². The van der Waals surface area contributed by atoms with Crippen LogP contribution < -0.4 is 0 Å². The number of Topliss-reactive ketones (excluding diaryl/α,β-unsaturated/α-hetero) is 1. The Bertz CT molecular complexity index is 3150. The van der Waals surface area contributed by atoms with Gasteiger partial charge in [0.25, 0.3) is 0 Å². The predicted molar refractivity (Wildman–Crippen MR) is 338 cm³/mol. The van der Waals surface area contributed by atoms with Gasteiger partial charge in [-0.3, -0.25) is 9.59 Å². The van der Waals surface area contributed by atoms with E-state index in [-0.39, 0.29) is 66.9 Å². The lowest BCUT2D eigenvalue weighted by Crippen LogP contribution is -2.58. The van der Waals surface area contributed by atoms with Crippen molar-refractivity contribution in [2.75, 3.05) is 41.2 Å². The highest BCUT2D eigenvalue weighted by atomic mass is 19.4. The van der Waals surface area contributed by atoms with Gasteiger partial charge in [-0.1, -0.05) is 134 Å². The second-order valence-corrected chi connectivity index (χ2v) is 27.1. The van der Waals surface area contributed by atoms with Gasteiger partial charge in [-0.05, 0) is 85.4 Å². The summed E-state index contributed by atoms with van der Waals surface area (Å²) < 4.78 is 114. The number of esters is 2. The lowest BCUT2D eigenvalue weighted by atomic mass is 9.71. The fourth-order valence-electron chi connectivity index (χ4n) is 13.7. The molecule has 6 heterocycles. The van der Waals surface area contributed by atoms with Crippen LogP contribution in [-0.4, -0.2) is 171 Å². The zero-order valence-corrected chi connectivity index (χ0v) is 56.5. The van der Waals surface area contributed by atoms with Gasteiger partial charge in [-0.15, -0.1) is 0 Å². The van der Waals surface area contributed by atoms with Crippen LogP contribution in [0.4, 0.5) is 13.2 Å². The van der Waals surface area contributed by atoms with Crippen LogP contribution in [0.5, 0.6) is 0 Å². The molecule has 6 aliphatic heterocycles. The number of carbonyl (C=O) groups is 3. The maximum atomic E-state index is 14.3. The number of methoxy groups -OCH3 is 3. The molecule has 2 aromatic carbocycles. The predicted octanol–water partition coefficient (Wildman–Crippen LogP) is 10.2. The number of aliphatic hydroxyl groups excluding tert-OH is 2. The van der Waals surface area contributed by atoms with Gasteiger partial charge >= 0.3 is 18.1 Å². The number of hydrogen-bond acceptors (Lipinski definition) is 19. The van der Waals surface area contributed by atoms with Crippen LogP contribution in [0.1, 0.15) is 142 Å². The first-order valence-corrected chi connectivity index (χ1v) is 32.6. The molecule has 7 aliphatic rings. The van der Waals surface area contributed by atoms with Gasteiger partial charge < -0.3 is 72.2 Å². The Morgan fingerprint density at radius 1 is 0.830 bits per heavy atom. The van der Waals surface area contributed by atoms with Crippen molar-refractivity contribution in [2.24, 2.45) is 23.7 Å². The monoisotopic (exact) mass is 1320 g/mol. The van der Waals surface area contributed by atoms with E-state index in [2.05, 4.69) is 39.8 Å². The van der Waals surface area contributed by atoms with Crippen LogP contribution in [-0.2, 0) is 83.4 Å². The van der Waals surface area contributed by atoms with E-state index in [1.807, 2.05) is 52.8 Å². The first-order chi connectivity index (χ1) is 44.4. The number of fused-ring (bicyclic) bond motifs is 2. The van der Waals surface area contributed by atoms with Crippen LogP contribution in [0.15, 0.2) is 108 Å². The SMILES string of the molecule is CCC(C)[C@H]1O[C@]2(C=C[C@@H]1C)C[C@@H]1C[C@@H](C/C=C(\C)[C@@H](O[C@H]3C[C@H](OC)[C@@H](O[C@H]4C[C@H](OC)[C@@H](O)[C@H](C)O4)[C@H](C)O3)[C@@H](C)/C=C/C=C3\CO[C@@H]4[C@H](O)C(C)=C[C@@H](C(=O)O1)[C@]34O)O2.COCCOC(=O)C(C#N)(C(=O)c1ccccc1C(F)(F)F)c1ccc(C(C)(C)C)cc1. The van der Waals surface area contributed by atoms with Crippen molar-refractivity contribution in [1.82, 2.24) is 0 Å². The summed E-state index contributed by atoms with van der Waals surface area (Å²) in [5.74, 6) is -5.13. The van der Waals surface area contributed by atoms with E-state index in [4.69, 9.17) is 56.8 Å². The molecular formula is C72H96F3NO18. The standard InChI is InChI=1S/C48H72O14.C24H24F3NO4/c1-11-25(2)43-28(5)17-18-47(62-43)23-34-20-33(61-47)16-15-27(4)42(26(3)13-12-14-32-24-55-45-40(49)29(6)19-35(46(51)58-34)48(32,45)52)59-39-22-37(54-10)44(31(8)57-39)60-38-21-36(53-9)41(50)30(7)56-38;1-22(2,3)16-9-11-17(12-10-16)23(15-28,21(30)32-14-13-31-4)20(29)18-7-5-6-8-19(18)24(25,26)27/h12-15,17-19,25-26,28,30-31,33-45,49-50,52H,11,16,20-24H2,1-10H3;5-12H,13-14H2,1-4H3/b13-12+,27-15+,32-14+;/t25?,26-,28-,30-,31-,33+,34-,35-,36-,37-,38-,39-,40+,41-,42-,43+,44-,45+,47+,48+;/m0./s1. The molecule has 0 radical (unpaired) electrons. The Kier molecular flexibility index (Phi) is 24.5. The van der Waals surface area contributed by atoms with Crippen LogP contribution >= 0.6 is 0 Å². The average molecular weight is 1320 g/mol. The number of carbonyl (C=O) groups excluding carboxylic acids is 3. The molecule has 0 amide bonds. The molecular weight excluding hydrogens is 1220 g/mol. The largest absolute Gasteiger partial charge is 0.462 e. The summed E-state index contributed by atoms with van der Waals surface area (Å²) in [4.78, 5) is 40.8. The molecule has 94 heavy (non-hydrogen) atoms. The minimum absolute atomic E-state index is 0.0104. The molecule has 0 saturated carbocycles. The van der Waals surface area contributed by atoms with Gasteiger partial charge in [-0.25, -0.2) is 4.79 Å². The highest BCUT2D eigenvalue weighted by molar-refractivity contribution is 6.20. The van der Waals surface area contributed by atoms with Crippen LogP contribution in [0.3, 0.4) is 0 Å². The number of alkyl halides is 3. The number of ether oxygens (including phenoxy) is 12. The molecule has 518 valence electrons. The normalized spacial score (nSPS) is 37.1. The second kappa shape index (κ2) is 30.9. The van der Waals surface area contributed by atoms with E-state index in [1.54, 1.807) is 58.4 Å². The Hall–Kier alpha value is -5.49. The highest BCUT2D eigenvalue weighted by Gasteiger charge is 2.60. The van der Waals surface area contributed by atoms with Crippen molar-refractivity contribution in [3.8, 4) is 6.07 Å². The summed E-state index contributed by atoms with van der Waals surface area (Å²) in [6, 6.07) is 11.8. The molecule has 22 heteroatoms. The number of nitrogens with zero attached hydrogens (tertiary/aromatic N) is 1. The summed E-state index contributed by atoms with van der Waals surface area (Å²) in [5.41, 5.74) is -3.99. The van der Waals surface area contributed by atoms with Crippen molar-refractivity contribution in [3.05, 3.63) is 130 Å². The van der Waals surface area contributed by atoms with E-state index in [1.165, 1.54) is 25.3 Å². The lowest BCUT2D eigenvalue weighted by molar-refractivity contribution is -0.318. The summed E-state index contributed by atoms with van der Waals surface area (Å²) in [6.07, 6.45) is 3.69. The highest BCUT2D eigenvalue weighted by Crippen LogP contribution is 2.48. The quantitative estimate of drug-likeness (QED) is 0.0493. The first kappa shape index (κ1) is 74.3. The molecule has 3 N–H and O–H groups in total. The van der Waals surface area contributed by atoms with Crippen molar-refractivity contribution >= 4 is 17.7 Å². The third kappa shape index (κ3) is 16.1. The van der Waals surface area contributed by atoms with E-state index in [0.29, 0.717) is 43.3 Å². The van der Waals surface area contributed by atoms with Gasteiger partial charge in [0.15, 0.2) is 24.2 Å². The summed E-state index contributed by atoms with van der Waals surface area (Å²) in [7, 11) is 4.58. The first-order valence-electron chi connectivity index (χ1n) is 32.6. The Balaban J connectivity index is 0.000000298. The van der Waals surface area contributed by atoms with E-state index in [0.717, 1.165) is 35.8 Å². The third-order valence-electron chi connectivity index (χ3n) is 19.5. The smallest absolute Gasteiger partial charge is 0.417 e. The van der Waals surface area contributed by atoms with Gasteiger partial charge in [0.1, 0.15) is 48.6 Å². The molecule has 9 rings (SSSR count). The molecule has 4 fully saturated rings. The van der Waals surface area contributed by atoms with Crippen LogP contribution in [0.25, 0.3) is 0 Å². The number of hydrogen-bond donors (Lipinski definition) is 3. The van der Waals surface area contributed by atoms with Crippen LogP contribution in [0, 0.1) is 35.0 Å². The van der Waals surface area contributed by atoms with E-state index < -0.39 is 125 Å². The Labute approximate surface area is 550 Å². The maximum Gasteiger partial charge on any atom is 0.417 e. The number of halogens is 3. The van der Waals surface area contributed by atoms with Gasteiger partial charge in [-0.2, -0.15) is 18.4 Å². The van der Waals surface area contributed by atoms with Crippen molar-refractivity contribution < 1.29 is 99.7 Å². The number of rotatable bonds is 15. The summed E-state index contributed by atoms with van der Waals surface area (Å²) in [5, 5.41) is 44.3. The number of allylic oxidation sites excluding steroid dienone is 2. The number of aliphatic hydroxyl groups is 3. The van der Waals surface area contributed by atoms with Gasteiger partial charge in [0, 0.05) is 64.4 Å². The van der Waals surface area contributed by atoms with Crippen molar-refractivity contribution in [1.29, 1.82) is 5.26 Å². The van der Waals surface area contributed by atoms with Gasteiger partial charge in [0.2, 0.25) is 5.41 Å². The third-order valence-corrected chi connectivity index (χ3v) is 19.5. The Morgan fingerprint density at radius 2 is 1.49 bits per heavy atom. The topological polar surface area (TPSA) is 246 Å². The molecule has 2 aromatic rings. The summed E-state index contributed by atoms with van der Waals surface area (Å²) >= 11 is 0. The average Bonchev–Trinajstić information content (AvgIpc) is 1.46. The number of nitriles is 1. The molecule has 1 spiro atoms. The molecule has 1 aliphatic carbocycles.